The molecule has 0 radical (unpaired) electrons. The van der Waals surface area contributed by atoms with Crippen LogP contribution in [-0.4, -0.2) is 0 Å². The molecule has 0 N–H and O–H groups in total. The number of alkyl halides is 1. The molecule has 0 aliphatic heterocycles. The van der Waals surface area contributed by atoms with Crippen molar-refractivity contribution in [1.82, 2.24) is 0 Å². The molecule has 0 aliphatic carbocycles. The molecule has 1 aromatic rings. The van der Waals surface area contributed by atoms with Crippen molar-refractivity contribution in [2.75, 3.05) is 0 Å². The van der Waals surface area contributed by atoms with Crippen molar-refractivity contribution in [1.29, 1.82) is 0 Å². The highest BCUT2D eigenvalue weighted by Crippen LogP contribution is 2.17. The number of hydrogen-bond donors (Lipinski definition) is 0. The van der Waals surface area contributed by atoms with Gasteiger partial charge in [0.1, 0.15) is 6.33 Å². The molecule has 1 aromatic carbocycles. The van der Waals surface area contributed by atoms with E-state index in [9.17, 15) is 8.78 Å². The van der Waals surface area contributed by atoms with Crippen LogP contribution >= 0.6 is 15.9 Å². The Morgan fingerprint density at radius 2 is 1.92 bits per heavy atom. The molecule has 64 valence electrons. The van der Waals surface area contributed by atoms with Crippen LogP contribution in [0.2, 0.25) is 0 Å². The molecule has 0 atom stereocenters. The fourth-order valence-electron chi connectivity index (χ4n) is 0.816. The summed E-state index contributed by atoms with van der Waals surface area (Å²) in [4.78, 5) is 0. The molecule has 0 aromatic heterocycles. The predicted octanol–water partition coefficient (Wildman–Crippen LogP) is 3.82. The van der Waals surface area contributed by atoms with E-state index >= 15 is 0 Å². The van der Waals surface area contributed by atoms with Gasteiger partial charge in [-0.05, 0) is 5.56 Å². The molecule has 0 saturated heterocycles. The smallest absolute Gasteiger partial charge is 0.158 e. The van der Waals surface area contributed by atoms with E-state index in [4.69, 9.17) is 0 Å². The average Bonchev–Trinajstić information content (AvgIpc) is 2.17. The molecule has 0 fully saturated rings. The van der Waals surface area contributed by atoms with Crippen LogP contribution in [0, 0.1) is 0 Å². The van der Waals surface area contributed by atoms with Crippen LogP contribution in [0.1, 0.15) is 11.1 Å². The fraction of sp³-hybridized carbons (Fsp3) is 0.111. The second kappa shape index (κ2) is 4.36. The van der Waals surface area contributed by atoms with E-state index in [2.05, 4.69) is 15.9 Å². The van der Waals surface area contributed by atoms with Crippen LogP contribution in [0.3, 0.4) is 0 Å². The predicted molar refractivity (Wildman–Crippen MR) is 49.3 cm³/mol. The second-order valence-corrected chi connectivity index (χ2v) is 2.85. The summed E-state index contributed by atoms with van der Waals surface area (Å²) in [6.45, 7) is 0. The van der Waals surface area contributed by atoms with Crippen LogP contribution in [0.25, 0.3) is 5.83 Å². The van der Waals surface area contributed by atoms with Gasteiger partial charge in [-0.25, -0.2) is 8.78 Å². The Bertz CT molecular complexity index is 277. The van der Waals surface area contributed by atoms with Crippen LogP contribution in [0.5, 0.6) is 0 Å². The van der Waals surface area contributed by atoms with E-state index in [0.717, 1.165) is 5.56 Å². The van der Waals surface area contributed by atoms with Gasteiger partial charge >= 0.3 is 0 Å². The van der Waals surface area contributed by atoms with Gasteiger partial charge in [0.05, 0.1) is 0 Å². The first-order chi connectivity index (χ1) is 5.77. The normalized spacial score (nSPS) is 11.8. The molecule has 0 nitrogen and oxygen atoms in total. The first-order valence-electron chi connectivity index (χ1n) is 3.39. The third-order valence-corrected chi connectivity index (χ3v) is 2.13. The van der Waals surface area contributed by atoms with Crippen molar-refractivity contribution in [3.63, 3.8) is 0 Å². The standard InChI is InChI=1S/C9H7BrF2/c10-5-7-1-3-8(4-2-7)9(12)6-11/h1-4,6H,5H2/b9-6-. The van der Waals surface area contributed by atoms with Gasteiger partial charge in [-0.3, -0.25) is 0 Å². The second-order valence-electron chi connectivity index (χ2n) is 2.29. The summed E-state index contributed by atoms with van der Waals surface area (Å²) in [5.74, 6) is -0.837. The molecular weight excluding hydrogens is 226 g/mol. The van der Waals surface area contributed by atoms with Crippen LogP contribution in [-0.2, 0) is 5.33 Å². The molecule has 0 unspecified atom stereocenters. The maximum Gasteiger partial charge on any atom is 0.158 e. The SMILES string of the molecule is F/C=C(\F)c1ccc(CBr)cc1. The minimum absolute atomic E-state index is 0.0386. The van der Waals surface area contributed by atoms with Gasteiger partial charge in [-0.2, -0.15) is 0 Å². The summed E-state index contributed by atoms with van der Waals surface area (Å²) in [5.41, 5.74) is 1.30. The zero-order valence-corrected chi connectivity index (χ0v) is 7.81. The van der Waals surface area contributed by atoms with E-state index in [1.165, 1.54) is 0 Å². The minimum atomic E-state index is -0.837. The van der Waals surface area contributed by atoms with E-state index in [1.54, 1.807) is 24.3 Å². The van der Waals surface area contributed by atoms with E-state index < -0.39 is 5.83 Å². The Hall–Kier alpha value is -0.700. The summed E-state index contributed by atoms with van der Waals surface area (Å²) in [5, 5.41) is 0.717. The van der Waals surface area contributed by atoms with E-state index in [-0.39, 0.29) is 11.9 Å². The first-order valence-corrected chi connectivity index (χ1v) is 4.51. The van der Waals surface area contributed by atoms with Crippen LogP contribution < -0.4 is 0 Å². The Morgan fingerprint density at radius 3 is 2.33 bits per heavy atom. The van der Waals surface area contributed by atoms with Gasteiger partial charge in [0.2, 0.25) is 0 Å². The Kier molecular flexibility index (Phi) is 3.41. The maximum atomic E-state index is 12.6. The average molecular weight is 233 g/mol. The number of benzene rings is 1. The molecule has 0 amide bonds. The topological polar surface area (TPSA) is 0 Å². The Morgan fingerprint density at radius 1 is 1.33 bits per heavy atom. The van der Waals surface area contributed by atoms with Gasteiger partial charge in [0, 0.05) is 10.9 Å². The zero-order valence-electron chi connectivity index (χ0n) is 6.23. The number of halogens is 3. The lowest BCUT2D eigenvalue weighted by molar-refractivity contribution is 0.671. The Balaban J connectivity index is 2.92. The van der Waals surface area contributed by atoms with Crippen molar-refractivity contribution in [2.45, 2.75) is 5.33 Å². The van der Waals surface area contributed by atoms with Crippen molar-refractivity contribution in [2.24, 2.45) is 0 Å². The molecule has 0 saturated carbocycles. The molecule has 1 rings (SSSR count). The molecule has 12 heavy (non-hydrogen) atoms. The number of hydrogen-bond acceptors (Lipinski definition) is 0. The molecule has 0 bridgehead atoms. The summed E-state index contributed by atoms with van der Waals surface area (Å²) >= 11 is 3.25. The van der Waals surface area contributed by atoms with Gasteiger partial charge in [-0.15, -0.1) is 0 Å². The number of rotatable bonds is 2. The van der Waals surface area contributed by atoms with E-state index in [1.807, 2.05) is 0 Å². The van der Waals surface area contributed by atoms with E-state index in [0.29, 0.717) is 5.33 Å². The summed E-state index contributed by atoms with van der Waals surface area (Å²) in [7, 11) is 0. The lowest BCUT2D eigenvalue weighted by Crippen LogP contribution is -1.79. The third kappa shape index (κ3) is 2.14. The molecule has 0 heterocycles. The largest absolute Gasteiger partial charge is 0.212 e. The molecular formula is C9H7BrF2. The molecule has 3 heteroatoms. The van der Waals surface area contributed by atoms with Crippen molar-refractivity contribution in [3.05, 3.63) is 41.7 Å². The highest BCUT2D eigenvalue weighted by atomic mass is 79.9. The summed E-state index contributed by atoms with van der Waals surface area (Å²) < 4.78 is 24.3. The lowest BCUT2D eigenvalue weighted by Gasteiger charge is -1.97. The van der Waals surface area contributed by atoms with Gasteiger partial charge in [0.15, 0.2) is 5.83 Å². The highest BCUT2D eigenvalue weighted by Gasteiger charge is 1.98. The molecule has 0 spiro atoms. The van der Waals surface area contributed by atoms with Crippen molar-refractivity contribution < 1.29 is 8.78 Å². The zero-order chi connectivity index (χ0) is 8.97. The highest BCUT2D eigenvalue weighted by molar-refractivity contribution is 9.08. The Labute approximate surface area is 78.0 Å². The fourth-order valence-corrected chi connectivity index (χ4v) is 1.19. The first kappa shape index (κ1) is 9.39. The quantitative estimate of drug-likeness (QED) is 0.681. The van der Waals surface area contributed by atoms with Crippen molar-refractivity contribution in [3.8, 4) is 0 Å². The monoisotopic (exact) mass is 232 g/mol. The minimum Gasteiger partial charge on any atom is -0.212 e. The van der Waals surface area contributed by atoms with Gasteiger partial charge in [0.25, 0.3) is 0 Å². The van der Waals surface area contributed by atoms with Crippen LogP contribution in [0.15, 0.2) is 30.6 Å². The maximum absolute atomic E-state index is 12.6. The van der Waals surface area contributed by atoms with Crippen molar-refractivity contribution >= 4 is 21.8 Å². The van der Waals surface area contributed by atoms with Crippen LogP contribution in [0.4, 0.5) is 8.78 Å². The van der Waals surface area contributed by atoms with Gasteiger partial charge < -0.3 is 0 Å². The summed E-state index contributed by atoms with van der Waals surface area (Å²) in [6, 6.07) is 6.57. The lowest BCUT2D eigenvalue weighted by atomic mass is 10.1. The van der Waals surface area contributed by atoms with Gasteiger partial charge in [-0.1, -0.05) is 40.2 Å². The third-order valence-electron chi connectivity index (χ3n) is 1.48. The molecule has 0 aliphatic rings. The summed E-state index contributed by atoms with van der Waals surface area (Å²) in [6.07, 6.45) is -0.0386.